The van der Waals surface area contributed by atoms with Crippen LogP contribution >= 0.6 is 0 Å². The van der Waals surface area contributed by atoms with Gasteiger partial charge in [0.25, 0.3) is 11.8 Å². The molecule has 1 aromatic heterocycles. The first-order valence-electron chi connectivity index (χ1n) is 12.5. The minimum Gasteiger partial charge on any atom is -0.346 e. The lowest BCUT2D eigenvalue weighted by molar-refractivity contribution is 0.0813. The molecule has 2 amide bonds. The molecule has 1 fully saturated rings. The van der Waals surface area contributed by atoms with Crippen molar-refractivity contribution in [3.8, 4) is 11.8 Å². The molecule has 1 heterocycles. The van der Waals surface area contributed by atoms with E-state index in [-0.39, 0.29) is 17.2 Å². The summed E-state index contributed by atoms with van der Waals surface area (Å²) in [4.78, 5) is 37.5. The fourth-order valence-corrected chi connectivity index (χ4v) is 4.52. The van der Waals surface area contributed by atoms with Gasteiger partial charge in [-0.2, -0.15) is 0 Å². The number of carbonyl (C=O) groups excluding carboxylic acids is 2. The molecule has 0 spiro atoms. The third-order valence-corrected chi connectivity index (χ3v) is 6.88. The molecule has 0 atom stereocenters. The summed E-state index contributed by atoms with van der Waals surface area (Å²) < 4.78 is 1.64. The van der Waals surface area contributed by atoms with Gasteiger partial charge in [-0.25, -0.2) is 0 Å². The Morgan fingerprint density at radius 3 is 2.11 bits per heavy atom. The number of carbonyl (C=O) groups is 2. The van der Waals surface area contributed by atoms with Crippen LogP contribution in [0.4, 0.5) is 5.69 Å². The molecule has 0 unspecified atom stereocenters. The summed E-state index contributed by atoms with van der Waals surface area (Å²) in [5.41, 5.74) is 3.58. The van der Waals surface area contributed by atoms with Crippen molar-refractivity contribution in [2.45, 2.75) is 24.8 Å². The van der Waals surface area contributed by atoms with Crippen LogP contribution in [0.5, 0.6) is 0 Å². The van der Waals surface area contributed by atoms with E-state index in [1.165, 1.54) is 12.1 Å². The molecule has 0 saturated heterocycles. The Hall–Kier alpha value is -4.89. The fraction of sp³-hybridized carbons (Fsp3) is 0.156. The van der Waals surface area contributed by atoms with Gasteiger partial charge in [0.05, 0.1) is 5.54 Å². The average Bonchev–Trinajstić information content (AvgIpc) is 2.92. The summed E-state index contributed by atoms with van der Waals surface area (Å²) in [6, 6.07) is 27.3. The van der Waals surface area contributed by atoms with Crippen molar-refractivity contribution in [3.05, 3.63) is 135 Å². The molecule has 2 N–H and O–H groups in total. The van der Waals surface area contributed by atoms with Gasteiger partial charge in [0.1, 0.15) is 5.69 Å². The molecule has 0 radical (unpaired) electrons. The number of nitrogens with one attached hydrogen (secondary N) is 2. The standard InChI is InChI=1S/C32H27N3O3/c1-35-21-18-28(36)22-29(35)31(38)34-32(19-5-20-32)26-14-16-27(17-15-26)33-30(37)25-12-10-24(11-13-25)9-8-23-6-3-2-4-7-23/h2-4,6-7,10-18,21-22H,5,19-20H2,1H3,(H,33,37)(H,34,38). The third kappa shape index (κ3) is 5.42. The molecule has 6 heteroatoms. The van der Waals surface area contributed by atoms with Crippen LogP contribution in [0.3, 0.4) is 0 Å². The van der Waals surface area contributed by atoms with E-state index in [0.717, 1.165) is 36.0 Å². The molecule has 0 bridgehead atoms. The fourth-order valence-electron chi connectivity index (χ4n) is 4.52. The predicted molar refractivity (Wildman–Crippen MR) is 148 cm³/mol. The summed E-state index contributed by atoms with van der Waals surface area (Å²) in [5.74, 6) is 5.73. The predicted octanol–water partition coefficient (Wildman–Crippen LogP) is 4.85. The second-order valence-electron chi connectivity index (χ2n) is 9.47. The van der Waals surface area contributed by atoms with Gasteiger partial charge in [-0.1, -0.05) is 42.2 Å². The minimum atomic E-state index is -0.484. The van der Waals surface area contributed by atoms with Crippen LogP contribution in [0.15, 0.2) is 102 Å². The number of nitrogens with zero attached hydrogens (tertiary/aromatic N) is 1. The zero-order valence-electron chi connectivity index (χ0n) is 21.0. The second-order valence-corrected chi connectivity index (χ2v) is 9.47. The Labute approximate surface area is 221 Å². The van der Waals surface area contributed by atoms with Crippen molar-refractivity contribution >= 4 is 17.5 Å². The normalized spacial score (nSPS) is 13.4. The first-order valence-corrected chi connectivity index (χ1v) is 12.5. The minimum absolute atomic E-state index is 0.203. The Bertz CT molecular complexity index is 1590. The molecule has 3 aromatic carbocycles. The van der Waals surface area contributed by atoms with Crippen LogP contribution in [0, 0.1) is 11.8 Å². The number of anilines is 1. The highest BCUT2D eigenvalue weighted by Gasteiger charge is 2.40. The molecule has 1 aliphatic rings. The maximum atomic E-state index is 13.0. The molecule has 188 valence electrons. The van der Waals surface area contributed by atoms with Gasteiger partial charge in [-0.05, 0) is 73.4 Å². The summed E-state index contributed by atoms with van der Waals surface area (Å²) in [7, 11) is 1.74. The number of amides is 2. The molecular weight excluding hydrogens is 474 g/mol. The number of benzene rings is 3. The molecule has 38 heavy (non-hydrogen) atoms. The Kier molecular flexibility index (Phi) is 6.92. The Morgan fingerprint density at radius 1 is 0.816 bits per heavy atom. The quantitative estimate of drug-likeness (QED) is 0.384. The van der Waals surface area contributed by atoms with Crippen LogP contribution in [0.1, 0.15) is 56.8 Å². The van der Waals surface area contributed by atoms with Crippen molar-refractivity contribution < 1.29 is 9.59 Å². The third-order valence-electron chi connectivity index (χ3n) is 6.88. The van der Waals surface area contributed by atoms with Crippen molar-refractivity contribution in [3.63, 3.8) is 0 Å². The van der Waals surface area contributed by atoms with Crippen LogP contribution in [-0.2, 0) is 12.6 Å². The van der Waals surface area contributed by atoms with Crippen molar-refractivity contribution in [2.75, 3.05) is 5.32 Å². The summed E-state index contributed by atoms with van der Waals surface area (Å²) in [6.45, 7) is 0. The molecule has 4 aromatic rings. The van der Waals surface area contributed by atoms with E-state index >= 15 is 0 Å². The first kappa shape index (κ1) is 24.8. The summed E-state index contributed by atoms with van der Waals surface area (Å²) in [6.07, 6.45) is 4.21. The maximum absolute atomic E-state index is 13.0. The molecule has 6 nitrogen and oxygen atoms in total. The average molecular weight is 502 g/mol. The smallest absolute Gasteiger partial charge is 0.268 e. The van der Waals surface area contributed by atoms with Crippen LogP contribution in [-0.4, -0.2) is 16.4 Å². The monoisotopic (exact) mass is 501 g/mol. The van der Waals surface area contributed by atoms with Gasteiger partial charge in [0.15, 0.2) is 5.43 Å². The number of hydrogen-bond acceptors (Lipinski definition) is 3. The van der Waals surface area contributed by atoms with Crippen LogP contribution < -0.4 is 16.1 Å². The van der Waals surface area contributed by atoms with E-state index in [4.69, 9.17) is 0 Å². The second kappa shape index (κ2) is 10.6. The van der Waals surface area contributed by atoms with Gasteiger partial charge in [-0.15, -0.1) is 0 Å². The largest absolute Gasteiger partial charge is 0.346 e. The van der Waals surface area contributed by atoms with Gasteiger partial charge >= 0.3 is 0 Å². The van der Waals surface area contributed by atoms with Crippen molar-refractivity contribution in [2.24, 2.45) is 7.05 Å². The molecule has 5 rings (SSSR count). The lowest BCUT2D eigenvalue weighted by atomic mass is 9.71. The van der Waals surface area contributed by atoms with E-state index in [2.05, 4.69) is 22.5 Å². The molecule has 1 saturated carbocycles. The number of pyridine rings is 1. The highest BCUT2D eigenvalue weighted by molar-refractivity contribution is 6.04. The highest BCUT2D eigenvalue weighted by atomic mass is 16.2. The van der Waals surface area contributed by atoms with Crippen LogP contribution in [0.2, 0.25) is 0 Å². The maximum Gasteiger partial charge on any atom is 0.268 e. The van der Waals surface area contributed by atoms with E-state index in [1.54, 1.807) is 29.9 Å². The van der Waals surface area contributed by atoms with E-state index in [1.807, 2.05) is 66.7 Å². The lowest BCUT2D eigenvalue weighted by Gasteiger charge is -2.43. The van der Waals surface area contributed by atoms with Gasteiger partial charge in [0.2, 0.25) is 0 Å². The van der Waals surface area contributed by atoms with Gasteiger partial charge < -0.3 is 15.2 Å². The van der Waals surface area contributed by atoms with Gasteiger partial charge in [0, 0.05) is 47.8 Å². The van der Waals surface area contributed by atoms with Crippen LogP contribution in [0.25, 0.3) is 0 Å². The van der Waals surface area contributed by atoms with Crippen molar-refractivity contribution in [1.29, 1.82) is 0 Å². The lowest BCUT2D eigenvalue weighted by Crippen LogP contribution is -2.51. The number of hydrogen-bond donors (Lipinski definition) is 2. The van der Waals surface area contributed by atoms with Gasteiger partial charge in [-0.3, -0.25) is 14.4 Å². The van der Waals surface area contributed by atoms with Crippen molar-refractivity contribution in [1.82, 2.24) is 9.88 Å². The Balaban J connectivity index is 1.24. The first-order chi connectivity index (χ1) is 18.4. The Morgan fingerprint density at radius 2 is 1.47 bits per heavy atom. The number of aromatic nitrogens is 1. The molecular formula is C32H27N3O3. The summed E-state index contributed by atoms with van der Waals surface area (Å²) in [5, 5.41) is 6.08. The zero-order valence-corrected chi connectivity index (χ0v) is 21.0. The van der Waals surface area contributed by atoms with E-state index in [0.29, 0.717) is 16.9 Å². The topological polar surface area (TPSA) is 80.2 Å². The highest BCUT2D eigenvalue weighted by Crippen LogP contribution is 2.41. The SMILES string of the molecule is Cn1ccc(=O)cc1C(=O)NC1(c2ccc(NC(=O)c3ccc(C#Cc4ccccc4)cc3)cc2)CCC1. The van der Waals surface area contributed by atoms with E-state index < -0.39 is 5.54 Å². The number of aryl methyl sites for hydroxylation is 1. The van der Waals surface area contributed by atoms with E-state index in [9.17, 15) is 14.4 Å². The molecule has 0 aliphatic heterocycles. The summed E-state index contributed by atoms with van der Waals surface area (Å²) >= 11 is 0. The zero-order chi connectivity index (χ0) is 26.5. The number of rotatable bonds is 5. The molecule has 1 aliphatic carbocycles.